The molecular formula is C19H14ClNO4. The Bertz CT molecular complexity index is 898. The molecule has 126 valence electrons. The first-order chi connectivity index (χ1) is 12.0. The predicted molar refractivity (Wildman–Crippen MR) is 96.6 cm³/mol. The molecule has 0 radical (unpaired) electrons. The van der Waals surface area contributed by atoms with Crippen molar-refractivity contribution in [3.63, 3.8) is 0 Å². The highest BCUT2D eigenvalue weighted by atomic mass is 35.5. The molecule has 0 bridgehead atoms. The van der Waals surface area contributed by atoms with Gasteiger partial charge in [-0.2, -0.15) is 0 Å². The summed E-state index contributed by atoms with van der Waals surface area (Å²) < 4.78 is 10.2. The number of aliphatic imine (C=N–C) groups is 1. The summed E-state index contributed by atoms with van der Waals surface area (Å²) in [4.78, 5) is 16.1. The van der Waals surface area contributed by atoms with Gasteiger partial charge in [-0.1, -0.05) is 29.8 Å². The van der Waals surface area contributed by atoms with Crippen molar-refractivity contribution in [2.45, 2.75) is 0 Å². The third kappa shape index (κ3) is 4.08. The predicted octanol–water partition coefficient (Wildman–Crippen LogP) is 4.06. The lowest BCUT2D eigenvalue weighted by Crippen LogP contribution is -2.01. The van der Waals surface area contributed by atoms with Gasteiger partial charge in [0.05, 0.1) is 7.11 Å². The number of hydrogen-bond acceptors (Lipinski definition) is 5. The van der Waals surface area contributed by atoms with Gasteiger partial charge in [-0.25, -0.2) is 9.79 Å². The van der Waals surface area contributed by atoms with Gasteiger partial charge >= 0.3 is 5.97 Å². The standard InChI is InChI=1S/C19H14ClNO4/c1-24-17-11-13(4-8-16(17)22)10-15-19(23)25-18(21-15)9-5-12-2-6-14(20)7-3-12/h2-11,22H,1H3. The largest absolute Gasteiger partial charge is 0.504 e. The third-order valence-corrected chi connectivity index (χ3v) is 3.68. The highest BCUT2D eigenvalue weighted by Crippen LogP contribution is 2.28. The summed E-state index contributed by atoms with van der Waals surface area (Å²) in [5.41, 5.74) is 1.74. The zero-order valence-electron chi connectivity index (χ0n) is 13.3. The first kappa shape index (κ1) is 16.8. The van der Waals surface area contributed by atoms with E-state index >= 15 is 0 Å². The van der Waals surface area contributed by atoms with E-state index in [4.69, 9.17) is 21.1 Å². The number of carbonyl (C=O) groups excluding carboxylic acids is 1. The summed E-state index contributed by atoms with van der Waals surface area (Å²) in [6.45, 7) is 0. The van der Waals surface area contributed by atoms with Gasteiger partial charge in [-0.15, -0.1) is 0 Å². The van der Waals surface area contributed by atoms with E-state index in [1.807, 2.05) is 12.1 Å². The number of halogens is 1. The van der Waals surface area contributed by atoms with E-state index < -0.39 is 5.97 Å². The van der Waals surface area contributed by atoms with Crippen molar-refractivity contribution in [3.05, 3.63) is 70.4 Å². The monoisotopic (exact) mass is 355 g/mol. The summed E-state index contributed by atoms with van der Waals surface area (Å²) in [5, 5.41) is 10.3. The van der Waals surface area contributed by atoms with Crippen LogP contribution in [0.15, 0.2) is 59.2 Å². The highest BCUT2D eigenvalue weighted by molar-refractivity contribution is 6.30. The number of rotatable bonds is 4. The lowest BCUT2D eigenvalue weighted by Gasteiger charge is -2.03. The number of aromatic hydroxyl groups is 1. The molecule has 25 heavy (non-hydrogen) atoms. The van der Waals surface area contributed by atoms with Crippen molar-refractivity contribution in [1.29, 1.82) is 0 Å². The molecule has 0 fully saturated rings. The molecule has 1 heterocycles. The number of cyclic esters (lactones) is 1. The van der Waals surface area contributed by atoms with Crippen molar-refractivity contribution in [2.75, 3.05) is 7.11 Å². The number of benzene rings is 2. The molecule has 0 atom stereocenters. The number of ether oxygens (including phenoxy) is 2. The van der Waals surface area contributed by atoms with Gasteiger partial charge in [-0.05, 0) is 47.5 Å². The first-order valence-corrected chi connectivity index (χ1v) is 7.76. The fraction of sp³-hybridized carbons (Fsp3) is 0.0526. The maximum atomic E-state index is 11.9. The van der Waals surface area contributed by atoms with E-state index in [2.05, 4.69) is 4.99 Å². The van der Waals surface area contributed by atoms with Gasteiger partial charge < -0.3 is 14.6 Å². The molecule has 5 nitrogen and oxygen atoms in total. The minimum atomic E-state index is -0.539. The van der Waals surface area contributed by atoms with Gasteiger partial charge in [0.2, 0.25) is 5.90 Å². The maximum Gasteiger partial charge on any atom is 0.363 e. The van der Waals surface area contributed by atoms with Crippen LogP contribution in [-0.4, -0.2) is 24.1 Å². The molecule has 2 aromatic rings. The summed E-state index contributed by atoms with van der Waals surface area (Å²) >= 11 is 5.84. The van der Waals surface area contributed by atoms with Crippen LogP contribution in [0.25, 0.3) is 12.2 Å². The van der Waals surface area contributed by atoms with E-state index in [1.165, 1.54) is 13.2 Å². The molecule has 0 unspecified atom stereocenters. The smallest absolute Gasteiger partial charge is 0.363 e. The molecule has 0 spiro atoms. The van der Waals surface area contributed by atoms with Crippen molar-refractivity contribution >= 4 is 35.6 Å². The average Bonchev–Trinajstić information content (AvgIpc) is 2.96. The number of carbonyl (C=O) groups is 1. The van der Waals surface area contributed by atoms with Crippen LogP contribution in [0.4, 0.5) is 0 Å². The topological polar surface area (TPSA) is 68.1 Å². The molecule has 0 saturated heterocycles. The molecule has 2 aromatic carbocycles. The summed E-state index contributed by atoms with van der Waals surface area (Å²) in [6.07, 6.45) is 4.95. The van der Waals surface area contributed by atoms with Gasteiger partial charge in [-0.3, -0.25) is 0 Å². The van der Waals surface area contributed by atoms with Crippen LogP contribution < -0.4 is 4.74 Å². The van der Waals surface area contributed by atoms with Gasteiger partial charge in [0.1, 0.15) is 0 Å². The lowest BCUT2D eigenvalue weighted by molar-refractivity contribution is -0.129. The Balaban J connectivity index is 1.81. The maximum absolute atomic E-state index is 11.9. The molecular weight excluding hydrogens is 342 g/mol. The quantitative estimate of drug-likeness (QED) is 0.663. The van der Waals surface area contributed by atoms with Crippen LogP contribution in [0.2, 0.25) is 5.02 Å². The third-order valence-electron chi connectivity index (χ3n) is 3.43. The Hall–Kier alpha value is -3.05. The zero-order valence-corrected chi connectivity index (χ0v) is 14.0. The minimum absolute atomic E-state index is 0.0220. The van der Waals surface area contributed by atoms with E-state index in [0.29, 0.717) is 16.3 Å². The second-order valence-electron chi connectivity index (χ2n) is 5.19. The summed E-state index contributed by atoms with van der Waals surface area (Å²) in [6, 6.07) is 12.0. The zero-order chi connectivity index (χ0) is 17.8. The molecule has 0 aromatic heterocycles. The van der Waals surface area contributed by atoms with E-state index in [1.54, 1.807) is 42.5 Å². The van der Waals surface area contributed by atoms with Crippen LogP contribution in [0.3, 0.4) is 0 Å². The molecule has 0 amide bonds. The SMILES string of the molecule is COc1cc(C=C2N=C(C=Cc3ccc(Cl)cc3)OC2=O)ccc1O. The molecule has 0 aliphatic carbocycles. The van der Waals surface area contributed by atoms with Crippen LogP contribution in [-0.2, 0) is 9.53 Å². The molecule has 1 aliphatic rings. The molecule has 1 N–H and O–H groups in total. The fourth-order valence-corrected chi connectivity index (χ4v) is 2.31. The number of hydrogen-bond donors (Lipinski definition) is 1. The lowest BCUT2D eigenvalue weighted by atomic mass is 10.1. The Morgan fingerprint density at radius 1 is 1.12 bits per heavy atom. The minimum Gasteiger partial charge on any atom is -0.504 e. The number of phenols is 1. The first-order valence-electron chi connectivity index (χ1n) is 7.38. The highest BCUT2D eigenvalue weighted by Gasteiger charge is 2.21. The molecule has 3 rings (SSSR count). The summed E-state index contributed by atoms with van der Waals surface area (Å²) in [5.74, 6) is 0.000953. The fourth-order valence-electron chi connectivity index (χ4n) is 2.18. The number of methoxy groups -OCH3 is 1. The van der Waals surface area contributed by atoms with E-state index in [9.17, 15) is 9.90 Å². The van der Waals surface area contributed by atoms with Crippen LogP contribution in [0.1, 0.15) is 11.1 Å². The Morgan fingerprint density at radius 2 is 1.84 bits per heavy atom. The van der Waals surface area contributed by atoms with Crippen molar-refractivity contribution in [3.8, 4) is 11.5 Å². The number of phenolic OH excluding ortho intramolecular Hbond substituents is 1. The second kappa shape index (κ2) is 7.23. The van der Waals surface area contributed by atoms with Gasteiger partial charge in [0, 0.05) is 11.1 Å². The number of nitrogens with zero attached hydrogens (tertiary/aromatic N) is 1. The normalized spacial score (nSPS) is 15.5. The van der Waals surface area contributed by atoms with Crippen molar-refractivity contribution < 1.29 is 19.4 Å². The van der Waals surface area contributed by atoms with Crippen molar-refractivity contribution in [2.24, 2.45) is 4.99 Å². The second-order valence-corrected chi connectivity index (χ2v) is 5.62. The Labute approximate surface area is 149 Å². The van der Waals surface area contributed by atoms with Crippen LogP contribution >= 0.6 is 11.6 Å². The van der Waals surface area contributed by atoms with E-state index in [-0.39, 0.29) is 17.3 Å². The van der Waals surface area contributed by atoms with Crippen LogP contribution in [0, 0.1) is 0 Å². The Morgan fingerprint density at radius 3 is 2.56 bits per heavy atom. The summed E-state index contributed by atoms with van der Waals surface area (Å²) in [7, 11) is 1.45. The van der Waals surface area contributed by atoms with Gasteiger partial charge in [0.15, 0.2) is 17.2 Å². The molecule has 6 heteroatoms. The molecule has 1 aliphatic heterocycles. The van der Waals surface area contributed by atoms with E-state index in [0.717, 1.165) is 5.56 Å². The van der Waals surface area contributed by atoms with Gasteiger partial charge in [0.25, 0.3) is 0 Å². The molecule has 0 saturated carbocycles. The number of esters is 1. The van der Waals surface area contributed by atoms with Crippen LogP contribution in [0.5, 0.6) is 11.5 Å². The Kier molecular flexibility index (Phi) is 4.86. The average molecular weight is 356 g/mol. The van der Waals surface area contributed by atoms with Crippen molar-refractivity contribution in [1.82, 2.24) is 0 Å².